The molecule has 5 nitrogen and oxygen atoms in total. The van der Waals surface area contributed by atoms with Crippen LogP contribution < -0.4 is 0 Å². The van der Waals surface area contributed by atoms with Gasteiger partial charge in [0, 0.05) is 19.1 Å². The second-order valence-electron chi connectivity index (χ2n) is 7.16. The standard InChI is InChI=1S/C20H28N2O3/c1-2-21(14-19(23)24)16-10-12-22(13-11-16)20(25)18-9-5-7-15-6-3-4-8-17(15)18/h3-4,6,8,16,18H,2,5,7,9-14H2,1H3,(H,23,24). The molecule has 3 rings (SSSR count). The summed E-state index contributed by atoms with van der Waals surface area (Å²) in [7, 11) is 0. The number of nitrogens with zero attached hydrogens (tertiary/aromatic N) is 2. The molecule has 0 spiro atoms. The monoisotopic (exact) mass is 344 g/mol. The Morgan fingerprint density at radius 2 is 1.92 bits per heavy atom. The fourth-order valence-corrected chi connectivity index (χ4v) is 4.36. The number of benzene rings is 1. The van der Waals surface area contributed by atoms with Crippen molar-refractivity contribution >= 4 is 11.9 Å². The van der Waals surface area contributed by atoms with Crippen LogP contribution in [0.15, 0.2) is 24.3 Å². The number of aliphatic carboxylic acids is 1. The largest absolute Gasteiger partial charge is 0.480 e. The molecule has 2 aliphatic rings. The summed E-state index contributed by atoms with van der Waals surface area (Å²) in [6.45, 7) is 4.29. The highest BCUT2D eigenvalue weighted by Crippen LogP contribution is 2.33. The van der Waals surface area contributed by atoms with Crippen LogP contribution in [0.1, 0.15) is 49.7 Å². The lowest BCUT2D eigenvalue weighted by atomic mass is 9.81. The molecule has 1 unspecified atom stereocenters. The van der Waals surface area contributed by atoms with Crippen molar-refractivity contribution in [1.29, 1.82) is 0 Å². The van der Waals surface area contributed by atoms with E-state index >= 15 is 0 Å². The van der Waals surface area contributed by atoms with Gasteiger partial charge in [-0.05, 0) is 49.8 Å². The van der Waals surface area contributed by atoms with Crippen molar-refractivity contribution in [3.05, 3.63) is 35.4 Å². The zero-order valence-corrected chi connectivity index (χ0v) is 15.0. The van der Waals surface area contributed by atoms with Gasteiger partial charge in [-0.1, -0.05) is 31.2 Å². The Morgan fingerprint density at radius 3 is 2.60 bits per heavy atom. The Morgan fingerprint density at radius 1 is 1.20 bits per heavy atom. The Balaban J connectivity index is 1.62. The second kappa shape index (κ2) is 8.00. The van der Waals surface area contributed by atoms with E-state index in [1.165, 1.54) is 11.1 Å². The number of hydrogen-bond acceptors (Lipinski definition) is 3. The number of carboxylic acid groups (broad SMARTS) is 1. The molecule has 136 valence electrons. The van der Waals surface area contributed by atoms with Gasteiger partial charge in [-0.25, -0.2) is 0 Å². The van der Waals surface area contributed by atoms with E-state index in [1.807, 2.05) is 22.8 Å². The minimum absolute atomic E-state index is 0.00259. The number of carboxylic acids is 1. The molecular formula is C20H28N2O3. The summed E-state index contributed by atoms with van der Waals surface area (Å²) in [4.78, 5) is 28.1. The van der Waals surface area contributed by atoms with Crippen LogP contribution in [0.5, 0.6) is 0 Å². The van der Waals surface area contributed by atoms with Gasteiger partial charge in [-0.3, -0.25) is 14.5 Å². The van der Waals surface area contributed by atoms with Gasteiger partial charge >= 0.3 is 5.97 Å². The minimum atomic E-state index is -0.779. The molecule has 5 heteroatoms. The van der Waals surface area contributed by atoms with Gasteiger partial charge in [0.1, 0.15) is 0 Å². The molecule has 1 atom stereocenters. The third-order valence-corrected chi connectivity index (χ3v) is 5.70. The number of carbonyl (C=O) groups is 2. The van der Waals surface area contributed by atoms with E-state index < -0.39 is 5.97 Å². The third-order valence-electron chi connectivity index (χ3n) is 5.70. The summed E-state index contributed by atoms with van der Waals surface area (Å²) >= 11 is 0. The summed E-state index contributed by atoms with van der Waals surface area (Å²) < 4.78 is 0. The van der Waals surface area contributed by atoms with Crippen LogP contribution in [0.25, 0.3) is 0 Å². The molecule has 0 saturated carbocycles. The van der Waals surface area contributed by atoms with Crippen LogP contribution in [-0.4, -0.2) is 59.0 Å². The number of amides is 1. The molecule has 1 N–H and O–H groups in total. The number of piperidine rings is 1. The van der Waals surface area contributed by atoms with Crippen molar-refractivity contribution in [2.24, 2.45) is 0 Å². The first-order valence-corrected chi connectivity index (χ1v) is 9.42. The van der Waals surface area contributed by atoms with Crippen LogP contribution in [0.4, 0.5) is 0 Å². The van der Waals surface area contributed by atoms with Gasteiger partial charge in [-0.2, -0.15) is 0 Å². The van der Waals surface area contributed by atoms with Gasteiger partial charge in [0.25, 0.3) is 0 Å². The number of aryl methyl sites for hydroxylation is 1. The molecule has 25 heavy (non-hydrogen) atoms. The average Bonchev–Trinajstić information content (AvgIpc) is 2.65. The number of carbonyl (C=O) groups excluding carboxylic acids is 1. The molecule has 1 amide bonds. The van der Waals surface area contributed by atoms with Gasteiger partial charge < -0.3 is 10.0 Å². The van der Waals surface area contributed by atoms with Crippen LogP contribution >= 0.6 is 0 Å². The number of rotatable bonds is 5. The van der Waals surface area contributed by atoms with E-state index in [9.17, 15) is 9.59 Å². The van der Waals surface area contributed by atoms with Gasteiger partial charge in [0.05, 0.1) is 12.5 Å². The Bertz CT molecular complexity index is 623. The summed E-state index contributed by atoms with van der Waals surface area (Å²) in [6, 6.07) is 8.60. The van der Waals surface area contributed by atoms with Crippen LogP contribution in [0.3, 0.4) is 0 Å². The Labute approximate surface area is 149 Å². The summed E-state index contributed by atoms with van der Waals surface area (Å²) in [6.07, 6.45) is 4.81. The molecule has 1 saturated heterocycles. The van der Waals surface area contributed by atoms with E-state index in [-0.39, 0.29) is 24.4 Å². The fourth-order valence-electron chi connectivity index (χ4n) is 4.36. The maximum atomic E-state index is 13.1. The van der Waals surface area contributed by atoms with Gasteiger partial charge in [0.15, 0.2) is 0 Å². The van der Waals surface area contributed by atoms with E-state index in [0.29, 0.717) is 0 Å². The predicted molar refractivity (Wildman–Crippen MR) is 96.6 cm³/mol. The molecule has 1 aliphatic carbocycles. The van der Waals surface area contributed by atoms with Crippen molar-refractivity contribution in [1.82, 2.24) is 9.80 Å². The van der Waals surface area contributed by atoms with Crippen molar-refractivity contribution < 1.29 is 14.7 Å². The van der Waals surface area contributed by atoms with Crippen LogP contribution in [0.2, 0.25) is 0 Å². The lowest BCUT2D eigenvalue weighted by Crippen LogP contribution is -2.49. The number of likely N-dealkylation sites (N-methyl/N-ethyl adjacent to an activating group) is 1. The number of fused-ring (bicyclic) bond motifs is 1. The maximum absolute atomic E-state index is 13.1. The molecule has 1 aromatic carbocycles. The van der Waals surface area contributed by atoms with E-state index in [0.717, 1.165) is 51.7 Å². The first-order valence-electron chi connectivity index (χ1n) is 9.42. The maximum Gasteiger partial charge on any atom is 0.317 e. The lowest BCUT2D eigenvalue weighted by molar-refractivity contribution is -0.140. The highest BCUT2D eigenvalue weighted by molar-refractivity contribution is 5.84. The number of likely N-dealkylation sites (tertiary alicyclic amines) is 1. The SMILES string of the molecule is CCN(CC(=O)O)C1CCN(C(=O)C2CCCc3ccccc32)CC1. The van der Waals surface area contributed by atoms with E-state index in [4.69, 9.17) is 5.11 Å². The highest BCUT2D eigenvalue weighted by atomic mass is 16.4. The molecule has 1 aromatic rings. The minimum Gasteiger partial charge on any atom is -0.480 e. The Kier molecular flexibility index (Phi) is 5.74. The number of hydrogen-bond donors (Lipinski definition) is 1. The predicted octanol–water partition coefficient (Wildman–Crippen LogP) is 2.50. The fraction of sp³-hybridized carbons (Fsp3) is 0.600. The molecular weight excluding hydrogens is 316 g/mol. The van der Waals surface area contributed by atoms with Crippen molar-refractivity contribution in [2.75, 3.05) is 26.2 Å². The van der Waals surface area contributed by atoms with E-state index in [2.05, 4.69) is 18.2 Å². The van der Waals surface area contributed by atoms with Crippen LogP contribution in [0, 0.1) is 0 Å². The molecule has 1 heterocycles. The van der Waals surface area contributed by atoms with Gasteiger partial charge in [-0.15, -0.1) is 0 Å². The molecule has 0 aromatic heterocycles. The van der Waals surface area contributed by atoms with Crippen molar-refractivity contribution in [3.63, 3.8) is 0 Å². The summed E-state index contributed by atoms with van der Waals surface area (Å²) in [5, 5.41) is 9.04. The highest BCUT2D eigenvalue weighted by Gasteiger charge is 2.33. The zero-order chi connectivity index (χ0) is 17.8. The Hall–Kier alpha value is -1.88. The second-order valence-corrected chi connectivity index (χ2v) is 7.16. The smallest absolute Gasteiger partial charge is 0.317 e. The molecule has 1 fully saturated rings. The third kappa shape index (κ3) is 4.03. The van der Waals surface area contributed by atoms with Crippen LogP contribution in [-0.2, 0) is 16.0 Å². The lowest BCUT2D eigenvalue weighted by Gasteiger charge is -2.39. The normalized spacial score (nSPS) is 21.2. The average molecular weight is 344 g/mol. The molecule has 0 radical (unpaired) electrons. The van der Waals surface area contributed by atoms with Crippen molar-refractivity contribution in [3.8, 4) is 0 Å². The first kappa shape index (κ1) is 17.9. The topological polar surface area (TPSA) is 60.9 Å². The van der Waals surface area contributed by atoms with E-state index in [1.54, 1.807) is 0 Å². The van der Waals surface area contributed by atoms with Gasteiger partial charge in [0.2, 0.25) is 5.91 Å². The quantitative estimate of drug-likeness (QED) is 0.891. The molecule has 1 aliphatic heterocycles. The zero-order valence-electron chi connectivity index (χ0n) is 15.0. The molecule has 0 bridgehead atoms. The van der Waals surface area contributed by atoms with Crippen molar-refractivity contribution in [2.45, 2.75) is 51.0 Å². The summed E-state index contributed by atoms with van der Waals surface area (Å²) in [5.74, 6) is -0.520. The summed E-state index contributed by atoms with van der Waals surface area (Å²) in [5.41, 5.74) is 2.53. The first-order chi connectivity index (χ1) is 12.1.